The van der Waals surface area contributed by atoms with Crippen molar-refractivity contribution in [1.82, 2.24) is 13.9 Å². The molecule has 32 heavy (non-hydrogen) atoms. The normalized spacial score (nSPS) is 17.1. The Hall–Kier alpha value is -2.91. The number of aromatic nitrogens is 2. The van der Waals surface area contributed by atoms with Crippen LogP contribution in [-0.2, 0) is 23.0 Å². The molecule has 168 valence electrons. The lowest BCUT2D eigenvalue weighted by Gasteiger charge is -2.24. The predicted molar refractivity (Wildman–Crippen MR) is 120 cm³/mol. The van der Waals surface area contributed by atoms with Crippen LogP contribution in [-0.4, -0.2) is 41.3 Å². The SMILES string of the molecule is O=C(Nc1cccc(-c2cn3c(n2)CCCC3)c1)c1ccc(S(=O)(=O)N2CCCCC2)o1. The number of benzene rings is 1. The number of anilines is 1. The first-order chi connectivity index (χ1) is 15.5. The van der Waals surface area contributed by atoms with E-state index in [2.05, 4.69) is 16.1 Å². The van der Waals surface area contributed by atoms with Crippen LogP contribution in [0.3, 0.4) is 0 Å². The lowest BCUT2D eigenvalue weighted by molar-refractivity contribution is 0.0991. The first-order valence-electron chi connectivity index (χ1n) is 11.1. The maximum Gasteiger partial charge on any atom is 0.291 e. The van der Waals surface area contributed by atoms with Gasteiger partial charge in [-0.15, -0.1) is 0 Å². The van der Waals surface area contributed by atoms with Crippen molar-refractivity contribution in [2.75, 3.05) is 18.4 Å². The standard InChI is InChI=1S/C23H26N4O4S/c28-23(20-10-11-22(31-20)32(29,30)27-13-3-1-4-14-27)24-18-8-6-7-17(15-18)19-16-26-12-5-2-9-21(26)25-19/h6-8,10-11,15-16H,1-5,9,12-14H2,(H,24,28). The van der Waals surface area contributed by atoms with Crippen LogP contribution in [0.1, 0.15) is 48.5 Å². The van der Waals surface area contributed by atoms with Gasteiger partial charge in [0, 0.05) is 43.5 Å². The van der Waals surface area contributed by atoms with E-state index in [1.165, 1.54) is 16.4 Å². The third-order valence-electron chi connectivity index (χ3n) is 6.04. The van der Waals surface area contributed by atoms with Crippen LogP contribution in [0.15, 0.2) is 52.1 Å². The van der Waals surface area contributed by atoms with E-state index in [9.17, 15) is 13.2 Å². The van der Waals surface area contributed by atoms with E-state index in [0.29, 0.717) is 18.8 Å². The molecule has 1 fully saturated rings. The fraction of sp³-hybridized carbons (Fsp3) is 0.391. The average molecular weight is 455 g/mol. The average Bonchev–Trinajstić information content (AvgIpc) is 3.48. The first-order valence-corrected chi connectivity index (χ1v) is 12.5. The Morgan fingerprint density at radius 1 is 1.00 bits per heavy atom. The summed E-state index contributed by atoms with van der Waals surface area (Å²) in [6, 6.07) is 10.2. The zero-order chi connectivity index (χ0) is 22.1. The van der Waals surface area contributed by atoms with Crippen LogP contribution < -0.4 is 5.32 Å². The number of carbonyl (C=O) groups excluding carboxylic acids is 1. The highest BCUT2D eigenvalue weighted by atomic mass is 32.2. The maximum atomic E-state index is 12.8. The van der Waals surface area contributed by atoms with Gasteiger partial charge >= 0.3 is 0 Å². The number of aryl methyl sites for hydroxylation is 2. The molecule has 0 atom stereocenters. The number of amides is 1. The topological polar surface area (TPSA) is 97.4 Å². The summed E-state index contributed by atoms with van der Waals surface area (Å²) in [5.41, 5.74) is 2.39. The minimum absolute atomic E-state index is 0.0385. The van der Waals surface area contributed by atoms with Crippen molar-refractivity contribution in [3.63, 3.8) is 0 Å². The van der Waals surface area contributed by atoms with Gasteiger partial charge in [0.25, 0.3) is 15.9 Å². The zero-order valence-electron chi connectivity index (χ0n) is 17.8. The van der Waals surface area contributed by atoms with Crippen LogP contribution in [0, 0.1) is 0 Å². The minimum atomic E-state index is -3.72. The van der Waals surface area contributed by atoms with E-state index in [-0.39, 0.29) is 10.9 Å². The molecule has 1 N–H and O–H groups in total. The fourth-order valence-electron chi connectivity index (χ4n) is 4.31. The van der Waals surface area contributed by atoms with Crippen LogP contribution in [0.25, 0.3) is 11.3 Å². The van der Waals surface area contributed by atoms with Crippen molar-refractivity contribution < 1.29 is 17.6 Å². The predicted octanol–water partition coefficient (Wildman–Crippen LogP) is 3.91. The van der Waals surface area contributed by atoms with Crippen LogP contribution >= 0.6 is 0 Å². The molecule has 9 heteroatoms. The van der Waals surface area contributed by atoms with Crippen molar-refractivity contribution in [1.29, 1.82) is 0 Å². The molecule has 0 spiro atoms. The van der Waals surface area contributed by atoms with E-state index in [1.807, 2.05) is 18.2 Å². The summed E-state index contributed by atoms with van der Waals surface area (Å²) in [7, 11) is -3.72. The highest BCUT2D eigenvalue weighted by Crippen LogP contribution is 2.26. The molecule has 1 aromatic carbocycles. The molecule has 2 aromatic heterocycles. The largest absolute Gasteiger partial charge is 0.438 e. The molecule has 8 nitrogen and oxygen atoms in total. The molecule has 5 rings (SSSR count). The molecule has 4 heterocycles. The molecule has 0 bridgehead atoms. The van der Waals surface area contributed by atoms with Crippen molar-refractivity contribution >= 4 is 21.6 Å². The van der Waals surface area contributed by atoms with Gasteiger partial charge in [0.1, 0.15) is 5.82 Å². The van der Waals surface area contributed by atoms with E-state index < -0.39 is 15.9 Å². The Bertz CT molecular complexity index is 1210. The number of imidazole rings is 1. The number of piperidine rings is 1. The molecular weight excluding hydrogens is 428 g/mol. The van der Waals surface area contributed by atoms with Crippen molar-refractivity contribution in [2.45, 2.75) is 50.2 Å². The molecule has 0 aliphatic carbocycles. The second-order valence-electron chi connectivity index (χ2n) is 8.31. The first kappa shape index (κ1) is 21.0. The lowest BCUT2D eigenvalue weighted by Crippen LogP contribution is -2.35. The van der Waals surface area contributed by atoms with Gasteiger partial charge in [-0.05, 0) is 49.9 Å². The van der Waals surface area contributed by atoms with Gasteiger partial charge in [-0.25, -0.2) is 13.4 Å². The summed E-state index contributed by atoms with van der Waals surface area (Å²) in [6.45, 7) is 1.95. The molecule has 2 aliphatic heterocycles. The van der Waals surface area contributed by atoms with Gasteiger partial charge < -0.3 is 14.3 Å². The van der Waals surface area contributed by atoms with Crippen molar-refractivity contribution in [3.05, 3.63) is 54.2 Å². The van der Waals surface area contributed by atoms with Crippen LogP contribution in [0.4, 0.5) is 5.69 Å². The number of nitrogens with one attached hydrogen (secondary N) is 1. The molecule has 0 saturated carbocycles. The number of hydrogen-bond donors (Lipinski definition) is 1. The summed E-state index contributed by atoms with van der Waals surface area (Å²) >= 11 is 0. The Morgan fingerprint density at radius 2 is 1.81 bits per heavy atom. The number of carbonyl (C=O) groups is 1. The monoisotopic (exact) mass is 454 g/mol. The summed E-state index contributed by atoms with van der Waals surface area (Å²) in [4.78, 5) is 17.4. The second kappa shape index (κ2) is 8.55. The van der Waals surface area contributed by atoms with Gasteiger partial charge in [0.05, 0.1) is 5.69 Å². The Balaban J connectivity index is 1.31. The molecule has 1 amide bonds. The summed E-state index contributed by atoms with van der Waals surface area (Å²) < 4.78 is 34.6. The number of nitrogens with zero attached hydrogens (tertiary/aromatic N) is 3. The smallest absolute Gasteiger partial charge is 0.291 e. The van der Waals surface area contributed by atoms with E-state index in [0.717, 1.165) is 62.2 Å². The van der Waals surface area contributed by atoms with Crippen molar-refractivity contribution in [2.24, 2.45) is 0 Å². The van der Waals surface area contributed by atoms with Gasteiger partial charge in [0.2, 0.25) is 5.09 Å². The van der Waals surface area contributed by atoms with E-state index in [1.54, 1.807) is 6.07 Å². The molecular formula is C23H26N4O4S. The number of sulfonamides is 1. The zero-order valence-corrected chi connectivity index (χ0v) is 18.6. The molecule has 0 radical (unpaired) electrons. The fourth-order valence-corrected chi connectivity index (χ4v) is 5.74. The number of rotatable bonds is 5. The molecule has 1 saturated heterocycles. The van der Waals surface area contributed by atoms with Gasteiger partial charge in [0.15, 0.2) is 5.76 Å². The maximum absolute atomic E-state index is 12.8. The van der Waals surface area contributed by atoms with Gasteiger partial charge in [-0.3, -0.25) is 4.79 Å². The molecule has 3 aromatic rings. The quantitative estimate of drug-likeness (QED) is 0.630. The molecule has 2 aliphatic rings. The minimum Gasteiger partial charge on any atom is -0.438 e. The number of fused-ring (bicyclic) bond motifs is 1. The Kier molecular flexibility index (Phi) is 5.60. The van der Waals surface area contributed by atoms with E-state index >= 15 is 0 Å². The number of furan rings is 1. The number of hydrogen-bond acceptors (Lipinski definition) is 5. The van der Waals surface area contributed by atoms with Crippen LogP contribution in [0.2, 0.25) is 0 Å². The van der Waals surface area contributed by atoms with Crippen molar-refractivity contribution in [3.8, 4) is 11.3 Å². The van der Waals surface area contributed by atoms with Gasteiger partial charge in [-0.1, -0.05) is 18.6 Å². The third kappa shape index (κ3) is 4.10. The highest BCUT2D eigenvalue weighted by molar-refractivity contribution is 7.89. The third-order valence-corrected chi connectivity index (χ3v) is 7.81. The van der Waals surface area contributed by atoms with E-state index in [4.69, 9.17) is 9.40 Å². The summed E-state index contributed by atoms with van der Waals surface area (Å²) in [6.07, 6.45) is 8.06. The second-order valence-corrected chi connectivity index (χ2v) is 10.2. The molecule has 0 unspecified atom stereocenters. The van der Waals surface area contributed by atoms with Gasteiger partial charge in [-0.2, -0.15) is 4.31 Å². The lowest BCUT2D eigenvalue weighted by atomic mass is 10.1. The summed E-state index contributed by atoms with van der Waals surface area (Å²) in [5.74, 6) is 0.563. The van der Waals surface area contributed by atoms with Crippen LogP contribution in [0.5, 0.6) is 0 Å². The highest BCUT2D eigenvalue weighted by Gasteiger charge is 2.29. The summed E-state index contributed by atoms with van der Waals surface area (Å²) in [5, 5.41) is 2.61. The Labute approximate surface area is 187 Å². The Morgan fingerprint density at radius 3 is 2.62 bits per heavy atom.